The van der Waals surface area contributed by atoms with E-state index in [9.17, 15) is 0 Å². The lowest BCUT2D eigenvalue weighted by Gasteiger charge is -2.17. The molecule has 0 radical (unpaired) electrons. The first kappa shape index (κ1) is 19.2. The minimum Gasteiger partial charge on any atom is -0.364 e. The van der Waals surface area contributed by atoms with E-state index in [0.29, 0.717) is 6.04 Å². The lowest BCUT2D eigenvalue weighted by Crippen LogP contribution is -2.30. The minimum absolute atomic E-state index is 0.299. The highest BCUT2D eigenvalue weighted by atomic mass is 32.2. The van der Waals surface area contributed by atoms with E-state index in [4.69, 9.17) is 24.4 Å². The summed E-state index contributed by atoms with van der Waals surface area (Å²) in [4.78, 5) is 0. The van der Waals surface area contributed by atoms with Crippen LogP contribution in [-0.4, -0.2) is 27.2 Å². The fourth-order valence-corrected chi connectivity index (χ4v) is 2.88. The van der Waals surface area contributed by atoms with Crippen LogP contribution in [-0.2, 0) is 0 Å². The van der Waals surface area contributed by atoms with Crippen LogP contribution in [0.3, 0.4) is 0 Å². The lowest BCUT2D eigenvalue weighted by atomic mass is 10.0. The zero-order chi connectivity index (χ0) is 17.4. The van der Waals surface area contributed by atoms with Gasteiger partial charge in [0.05, 0.1) is 0 Å². The molecule has 1 aliphatic rings. The molecule has 1 aromatic carbocycles. The molecule has 0 unspecified atom stereocenters. The standard InChI is InChI=1S/C18H20N2S4/c1-23-17(21)19-15-9-5-13(6-10-15)3-4-14-7-11-16(12-8-14)20-18(22)24-2/h3-11,16H,12H2,1-2H3,(H,19,21)(H,20,22)/t16-/m0/s1. The molecule has 2 N–H and O–H groups in total. The third-order valence-electron chi connectivity index (χ3n) is 3.43. The summed E-state index contributed by atoms with van der Waals surface area (Å²) in [5, 5.41) is 6.49. The molecule has 1 aliphatic carbocycles. The van der Waals surface area contributed by atoms with E-state index in [-0.39, 0.29) is 0 Å². The summed E-state index contributed by atoms with van der Waals surface area (Å²) in [5.74, 6) is 0. The second-order valence-electron chi connectivity index (χ2n) is 5.11. The summed E-state index contributed by atoms with van der Waals surface area (Å²) in [6, 6.07) is 8.53. The van der Waals surface area contributed by atoms with Crippen molar-refractivity contribution in [2.24, 2.45) is 0 Å². The van der Waals surface area contributed by atoms with Gasteiger partial charge in [-0.25, -0.2) is 0 Å². The molecule has 2 nitrogen and oxygen atoms in total. The van der Waals surface area contributed by atoms with Crippen molar-refractivity contribution in [3.05, 3.63) is 59.7 Å². The van der Waals surface area contributed by atoms with Gasteiger partial charge in [-0.1, -0.05) is 66.9 Å². The molecule has 1 atom stereocenters. The Balaban J connectivity index is 1.89. The van der Waals surface area contributed by atoms with Crippen molar-refractivity contribution in [2.75, 3.05) is 17.8 Å². The Morgan fingerprint density at radius 2 is 1.79 bits per heavy atom. The Labute approximate surface area is 163 Å². The van der Waals surface area contributed by atoms with E-state index >= 15 is 0 Å². The van der Waals surface area contributed by atoms with E-state index in [1.807, 2.05) is 24.6 Å². The highest BCUT2D eigenvalue weighted by Gasteiger charge is 2.08. The summed E-state index contributed by atoms with van der Waals surface area (Å²) in [5.41, 5.74) is 3.39. The number of allylic oxidation sites excluding steroid dienone is 3. The molecule has 0 bridgehead atoms. The summed E-state index contributed by atoms with van der Waals surface area (Å²) in [6.45, 7) is 0. The Morgan fingerprint density at radius 1 is 1.08 bits per heavy atom. The third kappa shape index (κ3) is 6.43. The van der Waals surface area contributed by atoms with Crippen LogP contribution in [0.15, 0.2) is 54.1 Å². The van der Waals surface area contributed by atoms with Crippen molar-refractivity contribution >= 4 is 68.4 Å². The minimum atomic E-state index is 0.299. The van der Waals surface area contributed by atoms with E-state index in [2.05, 4.69) is 53.1 Å². The molecule has 0 aliphatic heterocycles. The topological polar surface area (TPSA) is 24.1 Å². The lowest BCUT2D eigenvalue weighted by molar-refractivity contribution is 0.743. The SMILES string of the molecule is CSC(=S)Nc1ccc(C=CC2=CC[C@@H](NC(=S)SC)C=C2)cc1. The average Bonchev–Trinajstić information content (AvgIpc) is 2.62. The van der Waals surface area contributed by atoms with E-state index < -0.39 is 0 Å². The summed E-state index contributed by atoms with van der Waals surface area (Å²) >= 11 is 13.5. The molecule has 0 spiro atoms. The highest BCUT2D eigenvalue weighted by Crippen LogP contribution is 2.16. The summed E-state index contributed by atoms with van der Waals surface area (Å²) < 4.78 is 1.62. The molecule has 0 amide bonds. The van der Waals surface area contributed by atoms with Gasteiger partial charge in [0.2, 0.25) is 0 Å². The fourth-order valence-electron chi connectivity index (χ4n) is 2.12. The molecular formula is C18H20N2S4. The molecule has 0 aromatic heterocycles. The van der Waals surface area contributed by atoms with Crippen LogP contribution in [0.1, 0.15) is 12.0 Å². The molecular weight excluding hydrogens is 372 g/mol. The Bertz CT molecular complexity index is 675. The molecule has 1 aromatic rings. The smallest absolute Gasteiger partial charge is 0.137 e. The molecule has 2 rings (SSSR count). The van der Waals surface area contributed by atoms with Crippen LogP contribution in [0, 0.1) is 0 Å². The number of thioether (sulfide) groups is 2. The van der Waals surface area contributed by atoms with Crippen LogP contribution in [0.25, 0.3) is 6.08 Å². The van der Waals surface area contributed by atoms with Gasteiger partial charge in [0, 0.05) is 11.7 Å². The molecule has 0 saturated carbocycles. The predicted molar refractivity (Wildman–Crippen MR) is 120 cm³/mol. The predicted octanol–water partition coefficient (Wildman–Crippen LogP) is 5.25. The van der Waals surface area contributed by atoms with Gasteiger partial charge in [-0.05, 0) is 42.2 Å². The molecule has 0 fully saturated rings. The first-order chi connectivity index (χ1) is 11.6. The number of rotatable bonds is 4. The molecule has 6 heteroatoms. The van der Waals surface area contributed by atoms with Gasteiger partial charge in [-0.15, -0.1) is 23.5 Å². The third-order valence-corrected chi connectivity index (χ3v) is 5.61. The molecule has 0 saturated heterocycles. The summed E-state index contributed by atoms with van der Waals surface area (Å²) in [6.07, 6.45) is 15.7. The first-order valence-electron chi connectivity index (χ1n) is 7.46. The number of hydrogen-bond donors (Lipinski definition) is 2. The fraction of sp³-hybridized carbons (Fsp3) is 0.222. The Morgan fingerprint density at radius 3 is 2.38 bits per heavy atom. The van der Waals surface area contributed by atoms with Gasteiger partial charge < -0.3 is 10.6 Å². The Hall–Kier alpha value is -1.08. The average molecular weight is 393 g/mol. The van der Waals surface area contributed by atoms with Gasteiger partial charge in [0.1, 0.15) is 8.64 Å². The molecule has 126 valence electrons. The maximum atomic E-state index is 5.19. The number of benzene rings is 1. The van der Waals surface area contributed by atoms with E-state index in [1.165, 1.54) is 17.3 Å². The van der Waals surface area contributed by atoms with Gasteiger partial charge in [0.25, 0.3) is 0 Å². The van der Waals surface area contributed by atoms with Crippen LogP contribution < -0.4 is 10.6 Å². The van der Waals surface area contributed by atoms with Crippen LogP contribution >= 0.6 is 48.0 Å². The van der Waals surface area contributed by atoms with Crippen LogP contribution in [0.2, 0.25) is 0 Å². The summed E-state index contributed by atoms with van der Waals surface area (Å²) in [7, 11) is 0. The van der Waals surface area contributed by atoms with E-state index in [0.717, 1.165) is 26.3 Å². The van der Waals surface area contributed by atoms with Gasteiger partial charge in [0.15, 0.2) is 0 Å². The quantitative estimate of drug-likeness (QED) is 0.679. The second kappa shape index (κ2) is 10.0. The van der Waals surface area contributed by atoms with Gasteiger partial charge >= 0.3 is 0 Å². The number of hydrogen-bond acceptors (Lipinski definition) is 4. The Kier molecular flexibility index (Phi) is 8.05. The van der Waals surface area contributed by atoms with Gasteiger partial charge in [-0.2, -0.15) is 0 Å². The number of thiocarbonyl (C=S) groups is 2. The highest BCUT2D eigenvalue weighted by molar-refractivity contribution is 8.23. The number of nitrogens with one attached hydrogen (secondary N) is 2. The largest absolute Gasteiger partial charge is 0.364 e. The molecule has 0 heterocycles. The van der Waals surface area contributed by atoms with Crippen molar-refractivity contribution in [2.45, 2.75) is 12.5 Å². The second-order valence-corrected chi connectivity index (χ2v) is 8.08. The maximum Gasteiger partial charge on any atom is 0.137 e. The maximum absolute atomic E-state index is 5.19. The first-order valence-corrected chi connectivity index (χ1v) is 10.7. The van der Waals surface area contributed by atoms with E-state index in [1.54, 1.807) is 11.8 Å². The monoisotopic (exact) mass is 392 g/mol. The van der Waals surface area contributed by atoms with Crippen molar-refractivity contribution < 1.29 is 0 Å². The van der Waals surface area contributed by atoms with Crippen molar-refractivity contribution in [3.63, 3.8) is 0 Å². The van der Waals surface area contributed by atoms with Crippen molar-refractivity contribution in [3.8, 4) is 0 Å². The zero-order valence-electron chi connectivity index (χ0n) is 13.6. The van der Waals surface area contributed by atoms with Crippen molar-refractivity contribution in [1.82, 2.24) is 5.32 Å². The normalized spacial score (nSPS) is 16.8. The number of anilines is 1. The molecule has 24 heavy (non-hydrogen) atoms. The van der Waals surface area contributed by atoms with Crippen LogP contribution in [0.5, 0.6) is 0 Å². The van der Waals surface area contributed by atoms with Crippen LogP contribution in [0.4, 0.5) is 5.69 Å². The zero-order valence-corrected chi connectivity index (χ0v) is 16.9. The van der Waals surface area contributed by atoms with Crippen molar-refractivity contribution in [1.29, 1.82) is 0 Å². The van der Waals surface area contributed by atoms with Gasteiger partial charge in [-0.3, -0.25) is 0 Å².